The van der Waals surface area contributed by atoms with Gasteiger partial charge in [-0.25, -0.2) is 9.67 Å². The Bertz CT molecular complexity index is 836. The SMILES string of the molecule is CC(=O)N1CC[C@@H](c2nn(CCNC(=O)CC(C)(C)C)c3ncccc23)C1. The highest BCUT2D eigenvalue weighted by molar-refractivity contribution is 5.79. The number of carbonyl (C=O) groups excluding carboxylic acids is 2. The lowest BCUT2D eigenvalue weighted by atomic mass is 9.92. The second-order valence-corrected chi connectivity index (χ2v) is 8.52. The van der Waals surface area contributed by atoms with Gasteiger partial charge in [0.2, 0.25) is 11.8 Å². The van der Waals surface area contributed by atoms with Gasteiger partial charge < -0.3 is 10.2 Å². The van der Waals surface area contributed by atoms with E-state index in [0.717, 1.165) is 29.7 Å². The van der Waals surface area contributed by atoms with E-state index in [9.17, 15) is 9.59 Å². The molecule has 1 fully saturated rings. The van der Waals surface area contributed by atoms with Gasteiger partial charge >= 0.3 is 0 Å². The second-order valence-electron chi connectivity index (χ2n) is 8.52. The molecule has 0 saturated carbocycles. The molecule has 1 saturated heterocycles. The average molecular weight is 371 g/mol. The van der Waals surface area contributed by atoms with E-state index in [1.807, 2.05) is 21.7 Å². The van der Waals surface area contributed by atoms with Gasteiger partial charge in [-0.2, -0.15) is 5.10 Å². The molecule has 1 N–H and O–H groups in total. The van der Waals surface area contributed by atoms with Gasteiger partial charge in [0.05, 0.1) is 12.2 Å². The molecule has 1 aliphatic heterocycles. The number of carbonyl (C=O) groups is 2. The molecule has 0 unspecified atom stereocenters. The summed E-state index contributed by atoms with van der Waals surface area (Å²) in [5.74, 6) is 0.401. The van der Waals surface area contributed by atoms with Crippen molar-refractivity contribution in [1.29, 1.82) is 0 Å². The van der Waals surface area contributed by atoms with Crippen LogP contribution in [-0.2, 0) is 16.1 Å². The predicted octanol–water partition coefficient (Wildman–Crippen LogP) is 2.32. The molecule has 2 amide bonds. The highest BCUT2D eigenvalue weighted by Gasteiger charge is 2.29. The van der Waals surface area contributed by atoms with E-state index in [1.54, 1.807) is 13.1 Å². The first-order valence-corrected chi connectivity index (χ1v) is 9.58. The number of hydrogen-bond donors (Lipinski definition) is 1. The maximum absolute atomic E-state index is 12.0. The molecule has 1 atom stereocenters. The molecule has 7 heteroatoms. The van der Waals surface area contributed by atoms with E-state index in [-0.39, 0.29) is 23.1 Å². The van der Waals surface area contributed by atoms with Crippen molar-refractivity contribution in [3.8, 4) is 0 Å². The first kappa shape index (κ1) is 19.3. The number of fused-ring (bicyclic) bond motifs is 1. The van der Waals surface area contributed by atoms with Crippen molar-refractivity contribution in [2.45, 2.75) is 53.0 Å². The standard InChI is InChI=1S/C20H29N5O2/c1-14(26)24-10-7-15(13-24)18-16-6-5-8-22-19(16)25(23-18)11-9-21-17(27)12-20(2,3)4/h5-6,8,15H,7,9-13H2,1-4H3,(H,21,27)/t15-/m1/s1. The van der Waals surface area contributed by atoms with Crippen molar-refractivity contribution < 1.29 is 9.59 Å². The number of likely N-dealkylation sites (tertiary alicyclic amines) is 1. The molecule has 146 valence electrons. The Labute approximate surface area is 160 Å². The summed E-state index contributed by atoms with van der Waals surface area (Å²) in [4.78, 5) is 30.0. The van der Waals surface area contributed by atoms with Gasteiger partial charge in [0.15, 0.2) is 5.65 Å². The Morgan fingerprint density at radius 3 is 2.78 bits per heavy atom. The molecule has 7 nitrogen and oxygen atoms in total. The van der Waals surface area contributed by atoms with Crippen molar-refractivity contribution in [1.82, 2.24) is 25.0 Å². The van der Waals surface area contributed by atoms with Gasteiger partial charge in [-0.1, -0.05) is 20.8 Å². The number of aromatic nitrogens is 3. The summed E-state index contributed by atoms with van der Waals surface area (Å²) in [6.45, 7) is 10.3. The lowest BCUT2D eigenvalue weighted by Crippen LogP contribution is -2.30. The largest absolute Gasteiger partial charge is 0.354 e. The fourth-order valence-electron chi connectivity index (χ4n) is 3.61. The minimum Gasteiger partial charge on any atom is -0.354 e. The highest BCUT2D eigenvalue weighted by atomic mass is 16.2. The van der Waals surface area contributed by atoms with Crippen LogP contribution in [0.3, 0.4) is 0 Å². The zero-order valence-corrected chi connectivity index (χ0v) is 16.7. The molecule has 0 radical (unpaired) electrons. The van der Waals surface area contributed by atoms with Gasteiger partial charge in [-0.05, 0) is 24.0 Å². The summed E-state index contributed by atoms with van der Waals surface area (Å²) in [7, 11) is 0. The summed E-state index contributed by atoms with van der Waals surface area (Å²) >= 11 is 0. The van der Waals surface area contributed by atoms with E-state index < -0.39 is 0 Å². The Morgan fingerprint density at radius 2 is 2.11 bits per heavy atom. The Morgan fingerprint density at radius 1 is 1.33 bits per heavy atom. The van der Waals surface area contributed by atoms with Crippen molar-refractivity contribution >= 4 is 22.8 Å². The van der Waals surface area contributed by atoms with E-state index >= 15 is 0 Å². The van der Waals surface area contributed by atoms with Crippen LogP contribution >= 0.6 is 0 Å². The topological polar surface area (TPSA) is 80.1 Å². The van der Waals surface area contributed by atoms with E-state index in [1.165, 1.54) is 0 Å². The molecular formula is C20H29N5O2. The van der Waals surface area contributed by atoms with E-state index in [2.05, 4.69) is 31.1 Å². The fraction of sp³-hybridized carbons (Fsp3) is 0.600. The van der Waals surface area contributed by atoms with Crippen molar-refractivity contribution in [2.75, 3.05) is 19.6 Å². The number of hydrogen-bond acceptors (Lipinski definition) is 4. The van der Waals surface area contributed by atoms with Crippen molar-refractivity contribution in [3.05, 3.63) is 24.0 Å². The third-order valence-electron chi connectivity index (χ3n) is 4.89. The first-order valence-electron chi connectivity index (χ1n) is 9.58. The highest BCUT2D eigenvalue weighted by Crippen LogP contribution is 2.31. The molecule has 3 rings (SSSR count). The van der Waals surface area contributed by atoms with Gasteiger partial charge in [0, 0.05) is 50.5 Å². The minimum absolute atomic E-state index is 0.0255. The smallest absolute Gasteiger partial charge is 0.220 e. The summed E-state index contributed by atoms with van der Waals surface area (Å²) in [6.07, 6.45) is 3.18. The molecule has 0 spiro atoms. The average Bonchev–Trinajstić information content (AvgIpc) is 3.18. The van der Waals surface area contributed by atoms with Crippen LogP contribution in [0.15, 0.2) is 18.3 Å². The summed E-state index contributed by atoms with van der Waals surface area (Å²) in [5, 5.41) is 8.81. The van der Waals surface area contributed by atoms with Crippen LogP contribution in [0.25, 0.3) is 11.0 Å². The van der Waals surface area contributed by atoms with E-state index in [0.29, 0.717) is 26.1 Å². The van der Waals surface area contributed by atoms with Crippen LogP contribution in [0.2, 0.25) is 0 Å². The number of pyridine rings is 1. The predicted molar refractivity (Wildman–Crippen MR) is 104 cm³/mol. The van der Waals surface area contributed by atoms with Crippen LogP contribution < -0.4 is 5.32 Å². The van der Waals surface area contributed by atoms with Crippen LogP contribution in [-0.4, -0.2) is 51.1 Å². The lowest BCUT2D eigenvalue weighted by Gasteiger charge is -2.17. The van der Waals surface area contributed by atoms with Crippen LogP contribution in [0.4, 0.5) is 0 Å². The monoisotopic (exact) mass is 371 g/mol. The molecule has 0 aliphatic carbocycles. The summed E-state index contributed by atoms with van der Waals surface area (Å²) in [6, 6.07) is 3.95. The Balaban J connectivity index is 1.72. The van der Waals surface area contributed by atoms with Gasteiger partial charge in [-0.15, -0.1) is 0 Å². The molecular weight excluding hydrogens is 342 g/mol. The number of rotatable bonds is 5. The molecule has 2 aromatic heterocycles. The van der Waals surface area contributed by atoms with Crippen molar-refractivity contribution in [2.24, 2.45) is 5.41 Å². The number of nitrogens with zero attached hydrogens (tertiary/aromatic N) is 4. The molecule has 0 bridgehead atoms. The third-order valence-corrected chi connectivity index (χ3v) is 4.89. The van der Waals surface area contributed by atoms with Crippen LogP contribution in [0.5, 0.6) is 0 Å². The molecule has 1 aliphatic rings. The van der Waals surface area contributed by atoms with Crippen LogP contribution in [0, 0.1) is 5.41 Å². The summed E-state index contributed by atoms with van der Waals surface area (Å²) in [5.41, 5.74) is 1.81. The minimum atomic E-state index is -0.0255. The maximum Gasteiger partial charge on any atom is 0.220 e. The van der Waals surface area contributed by atoms with Gasteiger partial charge in [0.1, 0.15) is 0 Å². The lowest BCUT2D eigenvalue weighted by molar-refractivity contribution is -0.127. The zero-order valence-electron chi connectivity index (χ0n) is 16.7. The second kappa shape index (κ2) is 7.66. The van der Waals surface area contributed by atoms with Gasteiger partial charge in [-0.3, -0.25) is 9.59 Å². The molecule has 27 heavy (non-hydrogen) atoms. The number of amides is 2. The molecule has 0 aromatic carbocycles. The zero-order chi connectivity index (χ0) is 19.6. The van der Waals surface area contributed by atoms with Crippen molar-refractivity contribution in [3.63, 3.8) is 0 Å². The molecule has 2 aromatic rings. The quantitative estimate of drug-likeness (QED) is 0.875. The molecule has 3 heterocycles. The van der Waals surface area contributed by atoms with Gasteiger partial charge in [0.25, 0.3) is 0 Å². The van der Waals surface area contributed by atoms with E-state index in [4.69, 9.17) is 5.10 Å². The number of nitrogens with one attached hydrogen (secondary N) is 1. The fourth-order valence-corrected chi connectivity index (χ4v) is 3.61. The third kappa shape index (κ3) is 4.64. The Hall–Kier alpha value is -2.44. The Kier molecular flexibility index (Phi) is 5.48. The normalized spacial score (nSPS) is 17.5. The summed E-state index contributed by atoms with van der Waals surface area (Å²) < 4.78 is 1.87. The van der Waals surface area contributed by atoms with Crippen LogP contribution in [0.1, 0.15) is 52.1 Å². The first-order chi connectivity index (χ1) is 12.7. The maximum atomic E-state index is 12.0.